The number of amides is 1. The summed E-state index contributed by atoms with van der Waals surface area (Å²) in [6, 6.07) is 0. The molecule has 1 saturated heterocycles. The number of nitrogens with zero attached hydrogens (tertiary/aromatic N) is 3. The number of ether oxygens (including phenoxy) is 3. The Kier molecular flexibility index (Phi) is 15.0. The van der Waals surface area contributed by atoms with E-state index < -0.39 is 35.8 Å². The first-order valence-electron chi connectivity index (χ1n) is 16.6. The number of hydrogen-bond donors (Lipinski definition) is 4. The van der Waals surface area contributed by atoms with Crippen molar-refractivity contribution in [3.8, 4) is 0 Å². The number of hydrogen-bond acceptors (Lipinski definition) is 10. The Bertz CT molecular complexity index is 1230. The number of esters is 1. The van der Waals surface area contributed by atoms with Crippen LogP contribution < -0.4 is 11.5 Å². The lowest BCUT2D eigenvalue weighted by molar-refractivity contribution is -0.152. The molecule has 6 N–H and O–H groups in total. The Balaban J connectivity index is 1.31. The smallest absolute Gasteiger partial charge is 0.308 e. The van der Waals surface area contributed by atoms with E-state index in [2.05, 4.69) is 16.9 Å². The van der Waals surface area contributed by atoms with Crippen molar-refractivity contribution in [2.45, 2.75) is 134 Å². The third kappa shape index (κ3) is 10.4. The molecule has 250 valence electrons. The fraction of sp³-hybridized carbons (Fsp3) is 0.750. The number of aliphatic hydroxyl groups is 2. The van der Waals surface area contributed by atoms with Crippen LogP contribution >= 0.6 is 0 Å². The van der Waals surface area contributed by atoms with Crippen LogP contribution in [0.2, 0.25) is 0 Å². The Morgan fingerprint density at radius 1 is 0.978 bits per heavy atom. The van der Waals surface area contributed by atoms with Crippen LogP contribution in [0.1, 0.15) is 119 Å². The third-order valence-electron chi connectivity index (χ3n) is 8.40. The van der Waals surface area contributed by atoms with Crippen molar-refractivity contribution in [3.05, 3.63) is 17.6 Å². The summed E-state index contributed by atoms with van der Waals surface area (Å²) in [6.07, 6.45) is 15.0. The topological polar surface area (TPSA) is 185 Å². The Hall–Kier alpha value is -2.74. The molecule has 1 aliphatic heterocycles. The number of aryl methyl sites for hydroxylation is 1. The maximum Gasteiger partial charge on any atom is 0.308 e. The van der Waals surface area contributed by atoms with Crippen LogP contribution in [0.5, 0.6) is 0 Å². The summed E-state index contributed by atoms with van der Waals surface area (Å²) in [7, 11) is 6.41. The number of fused-ring (bicyclic) bond motifs is 1. The average Bonchev–Trinajstić information content (AvgIpc) is 3.50. The minimum Gasteiger partial charge on any atom is -0.463 e. The summed E-state index contributed by atoms with van der Waals surface area (Å²) in [6.45, 7) is 4.30. The van der Waals surface area contributed by atoms with Crippen molar-refractivity contribution in [1.29, 1.82) is 0 Å². The highest BCUT2D eigenvalue weighted by atomic mass is 16.6. The lowest BCUT2D eigenvalue weighted by atomic mass is 9.84. The highest BCUT2D eigenvalue weighted by Crippen LogP contribution is 2.37. The highest BCUT2D eigenvalue weighted by Gasteiger charge is 2.53. The van der Waals surface area contributed by atoms with Crippen LogP contribution in [0.15, 0.2) is 6.20 Å². The van der Waals surface area contributed by atoms with E-state index in [-0.39, 0.29) is 47.9 Å². The Morgan fingerprint density at radius 2 is 1.56 bits per heavy atom. The lowest BCUT2D eigenvalue weighted by Gasteiger charge is -2.31. The first-order valence-corrected chi connectivity index (χ1v) is 16.6. The molecule has 4 unspecified atom stereocenters. The molecule has 0 aromatic carbocycles. The van der Waals surface area contributed by atoms with E-state index in [0.717, 1.165) is 12.8 Å². The molecule has 2 radical (unpaired) electrons. The standard InChI is InChI=1S/C32H52BN5O7/c1-3-4-5-6-7-8-9-10-11-12-13-14-15-16-18-43-19-17-25(39)44-21-24-27(40)28(41)32(33,45-24)38-20-23(30(35)42)26-29(34)36-22(2)37-31(26)38/h20,24,27-28,40-41H,3-19,21H2,1-2H3,(H2,35,42)(H2,34,36,37). The minimum absolute atomic E-state index is 0.00118. The molecule has 0 spiro atoms. The molecule has 1 aliphatic rings. The van der Waals surface area contributed by atoms with Gasteiger partial charge in [0.1, 0.15) is 55.7 Å². The van der Waals surface area contributed by atoms with Crippen molar-refractivity contribution in [3.63, 3.8) is 0 Å². The summed E-state index contributed by atoms with van der Waals surface area (Å²) < 4.78 is 17.9. The van der Waals surface area contributed by atoms with Gasteiger partial charge in [-0.2, -0.15) is 0 Å². The van der Waals surface area contributed by atoms with E-state index in [1.807, 2.05) is 0 Å². The molecule has 2 aromatic heterocycles. The van der Waals surface area contributed by atoms with Gasteiger partial charge in [-0.15, -0.1) is 0 Å². The lowest BCUT2D eigenvalue weighted by Crippen LogP contribution is -2.46. The van der Waals surface area contributed by atoms with Gasteiger partial charge in [0.2, 0.25) is 0 Å². The number of unbranched alkanes of at least 4 members (excludes halogenated alkanes) is 13. The predicted molar refractivity (Wildman–Crippen MR) is 173 cm³/mol. The molecule has 1 fully saturated rings. The normalized spacial score (nSPS) is 21.5. The average molecular weight is 630 g/mol. The van der Waals surface area contributed by atoms with Gasteiger partial charge in [-0.25, -0.2) is 9.97 Å². The molecule has 4 atom stereocenters. The molecule has 12 nitrogen and oxygen atoms in total. The van der Waals surface area contributed by atoms with Crippen molar-refractivity contribution in [1.82, 2.24) is 14.5 Å². The highest BCUT2D eigenvalue weighted by molar-refractivity contribution is 6.15. The van der Waals surface area contributed by atoms with Gasteiger partial charge in [0.25, 0.3) is 5.91 Å². The van der Waals surface area contributed by atoms with Crippen molar-refractivity contribution in [2.24, 2.45) is 5.73 Å². The maximum absolute atomic E-state index is 12.3. The molecule has 3 rings (SSSR count). The summed E-state index contributed by atoms with van der Waals surface area (Å²) in [5, 5.41) is 21.7. The second-order valence-corrected chi connectivity index (χ2v) is 12.1. The van der Waals surface area contributed by atoms with E-state index in [1.54, 1.807) is 6.92 Å². The van der Waals surface area contributed by atoms with Crippen LogP contribution in [0.3, 0.4) is 0 Å². The van der Waals surface area contributed by atoms with Gasteiger partial charge in [0.05, 0.1) is 24.0 Å². The van der Waals surface area contributed by atoms with Gasteiger partial charge >= 0.3 is 5.97 Å². The van der Waals surface area contributed by atoms with Crippen LogP contribution in [0, 0.1) is 6.92 Å². The van der Waals surface area contributed by atoms with Crippen LogP contribution in [0.25, 0.3) is 11.0 Å². The molecule has 3 heterocycles. The fourth-order valence-electron chi connectivity index (χ4n) is 5.78. The first-order chi connectivity index (χ1) is 21.6. The molecule has 45 heavy (non-hydrogen) atoms. The van der Waals surface area contributed by atoms with Crippen LogP contribution in [-0.4, -0.2) is 82.6 Å². The number of aromatic nitrogens is 3. The number of primary amides is 1. The minimum atomic E-state index is -2.06. The summed E-state index contributed by atoms with van der Waals surface area (Å²) in [4.78, 5) is 32.7. The molecular formula is C32H52BN5O7. The van der Waals surface area contributed by atoms with E-state index >= 15 is 0 Å². The Labute approximate surface area is 268 Å². The maximum atomic E-state index is 12.3. The summed E-state index contributed by atoms with van der Waals surface area (Å²) in [5.41, 5.74) is 9.52. The van der Waals surface area contributed by atoms with Crippen molar-refractivity contribution in [2.75, 3.05) is 25.6 Å². The van der Waals surface area contributed by atoms with Gasteiger partial charge in [0.15, 0.2) is 0 Å². The van der Waals surface area contributed by atoms with Gasteiger partial charge in [-0.05, 0) is 13.3 Å². The van der Waals surface area contributed by atoms with E-state index in [1.165, 1.54) is 87.8 Å². The number of nitrogen functional groups attached to an aromatic ring is 1. The zero-order valence-electron chi connectivity index (χ0n) is 27.0. The SMILES string of the molecule is [B]C1(n2cc(C(N)=O)c3c(N)nc(C)nc32)OC(COC(=O)CCOCCCCCCCCCCCCCCCC)C(O)C1O. The summed E-state index contributed by atoms with van der Waals surface area (Å²) in [5.74, 6) is -1.07. The zero-order chi connectivity index (χ0) is 32.8. The van der Waals surface area contributed by atoms with Crippen molar-refractivity contribution >= 4 is 36.6 Å². The number of carbonyl (C=O) groups excluding carboxylic acids is 2. The molecule has 0 saturated carbocycles. The predicted octanol–water partition coefficient (Wildman–Crippen LogP) is 3.75. The van der Waals surface area contributed by atoms with Gasteiger partial charge in [-0.3, -0.25) is 9.59 Å². The van der Waals surface area contributed by atoms with E-state index in [4.69, 9.17) is 33.5 Å². The molecule has 13 heteroatoms. The third-order valence-corrected chi connectivity index (χ3v) is 8.40. The van der Waals surface area contributed by atoms with Gasteiger partial charge in [0, 0.05) is 12.8 Å². The fourth-order valence-corrected chi connectivity index (χ4v) is 5.78. The monoisotopic (exact) mass is 629 g/mol. The van der Waals surface area contributed by atoms with Crippen LogP contribution in [-0.2, 0) is 24.6 Å². The number of rotatable bonds is 22. The molecule has 0 bridgehead atoms. The second kappa shape index (κ2) is 18.4. The largest absolute Gasteiger partial charge is 0.463 e. The second-order valence-electron chi connectivity index (χ2n) is 12.1. The van der Waals surface area contributed by atoms with Gasteiger partial charge in [-0.1, -0.05) is 90.4 Å². The first kappa shape index (κ1) is 36.7. The number of aliphatic hydroxyl groups excluding tert-OH is 2. The number of carbonyl (C=O) groups is 2. The molecular weight excluding hydrogens is 577 g/mol. The molecule has 0 aliphatic carbocycles. The molecule has 2 aromatic rings. The van der Waals surface area contributed by atoms with Gasteiger partial charge < -0.3 is 40.5 Å². The summed E-state index contributed by atoms with van der Waals surface area (Å²) >= 11 is 0. The van der Waals surface area contributed by atoms with Crippen molar-refractivity contribution < 1.29 is 34.0 Å². The Morgan fingerprint density at radius 3 is 2.13 bits per heavy atom. The molecule has 1 amide bonds. The number of anilines is 1. The zero-order valence-corrected chi connectivity index (χ0v) is 27.0. The van der Waals surface area contributed by atoms with E-state index in [0.29, 0.717) is 6.61 Å². The van der Waals surface area contributed by atoms with Crippen LogP contribution in [0.4, 0.5) is 5.82 Å². The van der Waals surface area contributed by atoms with E-state index in [9.17, 15) is 19.8 Å². The quantitative estimate of drug-likeness (QED) is 0.0849. The number of nitrogens with two attached hydrogens (primary N) is 2.